The monoisotopic (exact) mass is 591 g/mol. The first-order chi connectivity index (χ1) is 21.1. The highest BCUT2D eigenvalue weighted by molar-refractivity contribution is 5.86. The van der Waals surface area contributed by atoms with Crippen LogP contribution in [0.5, 0.6) is 5.75 Å². The number of carbonyl (C=O) groups excluding carboxylic acids is 3. The number of fused-ring (bicyclic) bond motifs is 3. The van der Waals surface area contributed by atoms with Gasteiger partial charge in [-0.3, -0.25) is 4.79 Å². The van der Waals surface area contributed by atoms with Crippen molar-refractivity contribution in [2.75, 3.05) is 6.61 Å². The van der Waals surface area contributed by atoms with Crippen LogP contribution in [0.15, 0.2) is 97.1 Å². The predicted molar refractivity (Wildman–Crippen MR) is 169 cm³/mol. The van der Waals surface area contributed by atoms with E-state index in [1.54, 1.807) is 12.1 Å². The van der Waals surface area contributed by atoms with Gasteiger partial charge in [0.2, 0.25) is 5.91 Å². The molecule has 3 amide bonds. The summed E-state index contributed by atoms with van der Waals surface area (Å²) in [5, 5.41) is 5.74. The quantitative estimate of drug-likeness (QED) is 0.214. The zero-order valence-electron chi connectivity index (χ0n) is 25.1. The maximum atomic E-state index is 13.5. The molecule has 0 heterocycles. The Morgan fingerprint density at radius 1 is 0.818 bits per heavy atom. The highest BCUT2D eigenvalue weighted by Crippen LogP contribution is 2.44. The number of nitrogens with one attached hydrogen (secondary N) is 2. The molecule has 1 atom stereocenters. The van der Waals surface area contributed by atoms with Gasteiger partial charge in [-0.25, -0.2) is 9.59 Å². The molecule has 0 fully saturated rings. The third-order valence-electron chi connectivity index (χ3n) is 7.76. The number of nitrogens with two attached hydrogens (primary N) is 1. The van der Waals surface area contributed by atoms with Crippen LogP contribution in [0, 0.1) is 0 Å². The van der Waals surface area contributed by atoms with Crippen molar-refractivity contribution in [3.05, 3.63) is 125 Å². The maximum absolute atomic E-state index is 13.5. The molecule has 0 saturated heterocycles. The fourth-order valence-electron chi connectivity index (χ4n) is 5.62. The van der Waals surface area contributed by atoms with Crippen LogP contribution >= 0.6 is 0 Å². The van der Waals surface area contributed by atoms with Gasteiger partial charge >= 0.3 is 12.2 Å². The number of ether oxygens (including phenoxy) is 2. The first-order valence-electron chi connectivity index (χ1n) is 14.6. The van der Waals surface area contributed by atoms with Crippen molar-refractivity contribution in [3.63, 3.8) is 0 Å². The largest absolute Gasteiger partial charge is 0.449 e. The van der Waals surface area contributed by atoms with Crippen LogP contribution in [-0.4, -0.2) is 30.7 Å². The zero-order chi connectivity index (χ0) is 31.3. The highest BCUT2D eigenvalue weighted by atomic mass is 16.6. The molecular formula is C36H37N3O5. The van der Waals surface area contributed by atoms with Crippen LogP contribution in [0.3, 0.4) is 0 Å². The Hall–Kier alpha value is -5.11. The van der Waals surface area contributed by atoms with Crippen LogP contribution in [0.25, 0.3) is 11.1 Å². The van der Waals surface area contributed by atoms with Gasteiger partial charge in [0.1, 0.15) is 18.4 Å². The number of primary amides is 1. The SMILES string of the molecule is CC(C)(C)c1cc(CNC(=O)[C@H](Cc2ccccc2)NC(=O)OCC2c3ccccc3-c3ccccc32)ccc1OC(N)=O. The smallest absolute Gasteiger partial charge is 0.409 e. The van der Waals surface area contributed by atoms with Crippen molar-refractivity contribution in [2.45, 2.75) is 51.1 Å². The van der Waals surface area contributed by atoms with E-state index in [9.17, 15) is 14.4 Å². The van der Waals surface area contributed by atoms with Gasteiger partial charge in [-0.1, -0.05) is 106 Å². The molecule has 0 spiro atoms. The lowest BCUT2D eigenvalue weighted by atomic mass is 9.85. The van der Waals surface area contributed by atoms with Gasteiger partial charge in [-0.05, 0) is 50.9 Å². The molecule has 226 valence electrons. The molecule has 4 aromatic rings. The van der Waals surface area contributed by atoms with Crippen molar-refractivity contribution in [1.29, 1.82) is 0 Å². The first kappa shape index (κ1) is 30.4. The number of alkyl carbamates (subject to hydrolysis) is 1. The van der Waals surface area contributed by atoms with E-state index in [1.165, 1.54) is 0 Å². The van der Waals surface area contributed by atoms with Gasteiger partial charge in [0, 0.05) is 24.4 Å². The predicted octanol–water partition coefficient (Wildman–Crippen LogP) is 6.21. The lowest BCUT2D eigenvalue weighted by Gasteiger charge is -2.23. The Kier molecular flexibility index (Phi) is 8.99. The van der Waals surface area contributed by atoms with Gasteiger partial charge in [-0.2, -0.15) is 0 Å². The molecule has 0 aromatic heterocycles. The lowest BCUT2D eigenvalue weighted by Crippen LogP contribution is -2.48. The normalized spacial score (nSPS) is 12.9. The molecular weight excluding hydrogens is 554 g/mol. The summed E-state index contributed by atoms with van der Waals surface area (Å²) in [5.41, 5.74) is 11.9. The minimum absolute atomic E-state index is 0.0897. The van der Waals surface area contributed by atoms with Crippen LogP contribution in [0.4, 0.5) is 9.59 Å². The molecule has 4 N–H and O–H groups in total. The summed E-state index contributed by atoms with van der Waals surface area (Å²) in [6.45, 7) is 6.33. The van der Waals surface area contributed by atoms with Gasteiger partial charge in [0.25, 0.3) is 0 Å². The van der Waals surface area contributed by atoms with E-state index in [2.05, 4.69) is 34.9 Å². The average Bonchev–Trinajstić information content (AvgIpc) is 3.32. The van der Waals surface area contributed by atoms with Crippen molar-refractivity contribution in [2.24, 2.45) is 5.73 Å². The lowest BCUT2D eigenvalue weighted by molar-refractivity contribution is -0.123. The third-order valence-corrected chi connectivity index (χ3v) is 7.76. The van der Waals surface area contributed by atoms with E-state index in [0.29, 0.717) is 5.75 Å². The second kappa shape index (κ2) is 13.0. The minimum atomic E-state index is -0.889. The molecule has 44 heavy (non-hydrogen) atoms. The fourth-order valence-corrected chi connectivity index (χ4v) is 5.62. The molecule has 5 rings (SSSR count). The number of rotatable bonds is 9. The average molecular weight is 592 g/mol. The Bertz CT molecular complexity index is 1620. The topological polar surface area (TPSA) is 120 Å². The molecule has 8 nitrogen and oxygen atoms in total. The summed E-state index contributed by atoms with van der Waals surface area (Å²) >= 11 is 0. The summed E-state index contributed by atoms with van der Waals surface area (Å²) < 4.78 is 10.9. The van der Waals surface area contributed by atoms with Crippen molar-refractivity contribution in [3.8, 4) is 16.9 Å². The summed E-state index contributed by atoms with van der Waals surface area (Å²) in [4.78, 5) is 38.0. The molecule has 0 bridgehead atoms. The van der Waals surface area contributed by atoms with Crippen molar-refractivity contribution < 1.29 is 23.9 Å². The van der Waals surface area contributed by atoms with Crippen molar-refractivity contribution in [1.82, 2.24) is 10.6 Å². The standard InChI is InChI=1S/C36H37N3O5/c1-36(2,3)30-19-24(17-18-32(30)44-34(37)41)21-38-33(40)31(20-23-11-5-4-6-12-23)39-35(42)43-22-29-27-15-9-7-13-25(27)26-14-8-10-16-28(26)29/h4-19,29,31H,20-22H2,1-3H3,(H2,37,41)(H,38,40)(H,39,42)/t31-/m0/s1. The van der Waals surface area contributed by atoms with Crippen LogP contribution in [0.1, 0.15) is 54.5 Å². The number of carbonyl (C=O) groups is 3. The van der Waals surface area contributed by atoms with E-state index >= 15 is 0 Å². The van der Waals surface area contributed by atoms with E-state index in [-0.39, 0.29) is 36.8 Å². The number of amides is 3. The summed E-state index contributed by atoms with van der Waals surface area (Å²) in [6, 6.07) is 30.2. The third kappa shape index (κ3) is 7.09. The Morgan fingerprint density at radius 2 is 1.43 bits per heavy atom. The molecule has 0 radical (unpaired) electrons. The summed E-state index contributed by atoms with van der Waals surface area (Å²) in [7, 11) is 0. The fraction of sp³-hybridized carbons (Fsp3) is 0.250. The summed E-state index contributed by atoms with van der Waals surface area (Å²) in [5.74, 6) is -0.0656. The minimum Gasteiger partial charge on any atom is -0.449 e. The molecule has 1 aliphatic carbocycles. The molecule has 1 aliphatic rings. The second-order valence-electron chi connectivity index (χ2n) is 11.9. The molecule has 0 aliphatic heterocycles. The number of hydrogen-bond acceptors (Lipinski definition) is 5. The van der Waals surface area contributed by atoms with Gasteiger partial charge < -0.3 is 25.8 Å². The number of hydrogen-bond donors (Lipinski definition) is 3. The highest BCUT2D eigenvalue weighted by Gasteiger charge is 2.30. The Labute approximate surface area is 257 Å². The van der Waals surface area contributed by atoms with Crippen molar-refractivity contribution >= 4 is 18.1 Å². The van der Waals surface area contributed by atoms with Crippen LogP contribution in [-0.2, 0) is 27.9 Å². The number of benzene rings is 4. The molecule has 0 saturated carbocycles. The van der Waals surface area contributed by atoms with Gasteiger partial charge in [-0.15, -0.1) is 0 Å². The summed E-state index contributed by atoms with van der Waals surface area (Å²) in [6.07, 6.45) is -1.26. The van der Waals surface area contributed by atoms with Gasteiger partial charge in [0.05, 0.1) is 0 Å². The molecule has 8 heteroatoms. The second-order valence-corrected chi connectivity index (χ2v) is 11.9. The van der Waals surface area contributed by atoms with E-state index in [0.717, 1.165) is 38.9 Å². The molecule has 4 aromatic carbocycles. The van der Waals surface area contributed by atoms with E-state index < -0.39 is 18.2 Å². The van der Waals surface area contributed by atoms with E-state index in [4.69, 9.17) is 15.2 Å². The van der Waals surface area contributed by atoms with Crippen LogP contribution < -0.4 is 21.1 Å². The Morgan fingerprint density at radius 3 is 2.05 bits per heavy atom. The Balaban J connectivity index is 1.27. The first-order valence-corrected chi connectivity index (χ1v) is 14.6. The van der Waals surface area contributed by atoms with Crippen LogP contribution in [0.2, 0.25) is 0 Å². The molecule has 0 unspecified atom stereocenters. The van der Waals surface area contributed by atoms with E-state index in [1.807, 2.05) is 81.4 Å². The zero-order valence-corrected chi connectivity index (χ0v) is 25.1. The van der Waals surface area contributed by atoms with Gasteiger partial charge in [0.15, 0.2) is 0 Å². The maximum Gasteiger partial charge on any atom is 0.409 e.